The van der Waals surface area contributed by atoms with Gasteiger partial charge in [0.05, 0.1) is 22.9 Å². The quantitative estimate of drug-likeness (QED) is 0.123. The summed E-state index contributed by atoms with van der Waals surface area (Å²) in [6.07, 6.45) is 3.08. The van der Waals surface area contributed by atoms with E-state index >= 15 is 0 Å². The molecular formula is C28H19F2N5O3. The van der Waals surface area contributed by atoms with Crippen molar-refractivity contribution in [3.63, 3.8) is 0 Å². The summed E-state index contributed by atoms with van der Waals surface area (Å²) in [6, 6.07) is 18.3. The summed E-state index contributed by atoms with van der Waals surface area (Å²) in [5, 5.41) is 16.4. The Bertz CT molecular complexity index is 1670. The highest BCUT2D eigenvalue weighted by molar-refractivity contribution is 6.33. The second-order valence-electron chi connectivity index (χ2n) is 8.22. The van der Waals surface area contributed by atoms with Gasteiger partial charge in [-0.3, -0.25) is 9.78 Å². The predicted molar refractivity (Wildman–Crippen MR) is 140 cm³/mol. The Morgan fingerprint density at radius 1 is 0.816 bits per heavy atom. The molecule has 0 aliphatic carbocycles. The first kappa shape index (κ1) is 24.3. The number of aliphatic hydroxyl groups is 1. The van der Waals surface area contributed by atoms with Crippen molar-refractivity contribution in [3.8, 4) is 0 Å². The number of urea groups is 1. The average molecular weight is 511 g/mol. The third-order valence-electron chi connectivity index (χ3n) is 5.53. The fourth-order valence-electron chi connectivity index (χ4n) is 3.83. The third-order valence-corrected chi connectivity index (χ3v) is 5.53. The number of anilines is 2. The van der Waals surface area contributed by atoms with Gasteiger partial charge in [0.1, 0.15) is 28.8 Å². The lowest BCUT2D eigenvalue weighted by Gasteiger charge is -2.09. The van der Waals surface area contributed by atoms with E-state index in [9.17, 15) is 23.5 Å². The second kappa shape index (κ2) is 10.3. The lowest BCUT2D eigenvalue weighted by atomic mass is 9.98. The van der Waals surface area contributed by atoms with Crippen molar-refractivity contribution in [1.29, 1.82) is 0 Å². The number of H-pyrrole nitrogens is 1. The van der Waals surface area contributed by atoms with Crippen molar-refractivity contribution in [2.75, 3.05) is 10.6 Å². The summed E-state index contributed by atoms with van der Waals surface area (Å²) in [5.74, 6) is -3.11. The average Bonchev–Trinajstić information content (AvgIpc) is 3.32. The van der Waals surface area contributed by atoms with E-state index in [0.29, 0.717) is 28.5 Å². The Balaban J connectivity index is 1.53. The number of Topliss-reactive ketones (excluding diaryl/α,β-unsaturated/α-hetero) is 1. The van der Waals surface area contributed by atoms with E-state index in [-0.39, 0.29) is 22.5 Å². The molecule has 2 amide bonds. The molecule has 38 heavy (non-hydrogen) atoms. The number of nitrogens with one attached hydrogen (secondary N) is 3. The van der Waals surface area contributed by atoms with Crippen LogP contribution in [0, 0.1) is 11.6 Å². The van der Waals surface area contributed by atoms with Crippen molar-refractivity contribution >= 4 is 45.6 Å². The van der Waals surface area contributed by atoms with E-state index in [1.807, 2.05) is 0 Å². The summed E-state index contributed by atoms with van der Waals surface area (Å²) >= 11 is 0. The van der Waals surface area contributed by atoms with E-state index in [2.05, 4.69) is 25.6 Å². The van der Waals surface area contributed by atoms with Crippen molar-refractivity contribution < 1.29 is 23.5 Å². The van der Waals surface area contributed by atoms with Crippen molar-refractivity contribution in [2.45, 2.75) is 0 Å². The lowest BCUT2D eigenvalue weighted by Crippen LogP contribution is -2.19. The predicted octanol–water partition coefficient (Wildman–Crippen LogP) is 6.19. The number of imidazole rings is 1. The fraction of sp³-hybridized carbons (Fsp3) is 0. The first-order chi connectivity index (χ1) is 18.4. The van der Waals surface area contributed by atoms with E-state index in [4.69, 9.17) is 0 Å². The van der Waals surface area contributed by atoms with Crippen molar-refractivity contribution in [3.05, 3.63) is 120 Å². The molecule has 0 radical (unpaired) electrons. The molecular weight excluding hydrogens is 492 g/mol. The van der Waals surface area contributed by atoms with Gasteiger partial charge in [-0.15, -0.1) is 0 Å². The van der Waals surface area contributed by atoms with Crippen LogP contribution in [-0.2, 0) is 0 Å². The van der Waals surface area contributed by atoms with E-state index in [1.54, 1.807) is 66.9 Å². The number of hydrogen-bond acceptors (Lipinski definition) is 5. The number of allylic oxidation sites excluding steroid dienone is 1. The minimum atomic E-state index is -0.914. The summed E-state index contributed by atoms with van der Waals surface area (Å²) in [5.41, 5.74) is 1.53. The number of aliphatic hydroxyl groups excluding tert-OH is 1. The van der Waals surface area contributed by atoms with E-state index in [0.717, 1.165) is 12.1 Å². The zero-order valence-electron chi connectivity index (χ0n) is 19.6. The number of nitrogens with zero attached hydrogens (tertiary/aromatic N) is 2. The van der Waals surface area contributed by atoms with Gasteiger partial charge in [0.15, 0.2) is 0 Å². The van der Waals surface area contributed by atoms with Gasteiger partial charge in [-0.2, -0.15) is 0 Å². The van der Waals surface area contributed by atoms with Gasteiger partial charge in [-0.05, 0) is 42.5 Å². The van der Waals surface area contributed by atoms with Crippen LogP contribution in [0.2, 0.25) is 0 Å². The van der Waals surface area contributed by atoms with Gasteiger partial charge in [0, 0.05) is 29.1 Å². The number of pyridine rings is 1. The Hall–Kier alpha value is -5.38. The monoisotopic (exact) mass is 511 g/mol. The topological polar surface area (TPSA) is 120 Å². The Morgan fingerprint density at radius 3 is 2.26 bits per heavy atom. The molecule has 2 aromatic heterocycles. The standard InChI is InChI=1S/C28H19F2N5O3/c29-18-11-17(12-19(30)13-18)26(37)24(25(36)16-5-2-1-3-6-16)27-34-22-9-8-20(14-23(22)35-27)32-28(38)33-21-7-4-10-31-15-21/h1-15,37H,(H,34,35)(H2,32,33,38). The molecule has 5 rings (SSSR count). The van der Waals surface area contributed by atoms with Gasteiger partial charge in [0.25, 0.3) is 0 Å². The van der Waals surface area contributed by atoms with Crippen molar-refractivity contribution in [1.82, 2.24) is 15.0 Å². The number of halogens is 2. The number of aromatic amines is 1. The van der Waals surface area contributed by atoms with Crippen LogP contribution in [-0.4, -0.2) is 31.9 Å². The van der Waals surface area contributed by atoms with Gasteiger partial charge in [-0.25, -0.2) is 18.6 Å². The molecule has 0 aliphatic rings. The first-order valence-electron chi connectivity index (χ1n) is 11.3. The molecule has 0 atom stereocenters. The van der Waals surface area contributed by atoms with E-state index in [1.165, 1.54) is 6.20 Å². The number of fused-ring (bicyclic) bond motifs is 1. The molecule has 5 aromatic rings. The highest BCUT2D eigenvalue weighted by atomic mass is 19.1. The lowest BCUT2D eigenvalue weighted by molar-refractivity contribution is 0.105. The summed E-state index contributed by atoms with van der Waals surface area (Å²) in [6.45, 7) is 0. The number of ketones is 1. The molecule has 0 spiro atoms. The number of rotatable bonds is 6. The summed E-state index contributed by atoms with van der Waals surface area (Å²) in [7, 11) is 0. The van der Waals surface area contributed by atoms with Crippen molar-refractivity contribution in [2.24, 2.45) is 0 Å². The molecule has 0 bridgehead atoms. The number of carbonyl (C=O) groups is 2. The SMILES string of the molecule is O=C(Nc1cccnc1)Nc1ccc2nc(C(C(=O)c3ccccc3)=C(O)c3cc(F)cc(F)c3)[nH]c2c1. The molecule has 2 heterocycles. The first-order valence-corrected chi connectivity index (χ1v) is 11.3. The number of carbonyl (C=O) groups excluding carboxylic acids is 2. The van der Waals surface area contributed by atoms with Crippen LogP contribution in [0.15, 0.2) is 91.3 Å². The molecule has 0 fully saturated rings. The Labute approximate surface area is 214 Å². The van der Waals surface area contributed by atoms with Gasteiger partial charge in [0.2, 0.25) is 5.78 Å². The molecule has 8 nitrogen and oxygen atoms in total. The van der Waals surface area contributed by atoms with Gasteiger partial charge >= 0.3 is 6.03 Å². The molecule has 0 saturated carbocycles. The van der Waals surface area contributed by atoms with Crippen LogP contribution in [0.25, 0.3) is 22.4 Å². The van der Waals surface area contributed by atoms with E-state index < -0.39 is 29.2 Å². The normalized spacial score (nSPS) is 11.6. The maximum atomic E-state index is 13.9. The highest BCUT2D eigenvalue weighted by Gasteiger charge is 2.24. The highest BCUT2D eigenvalue weighted by Crippen LogP contribution is 2.29. The minimum absolute atomic E-state index is 0.0204. The smallest absolute Gasteiger partial charge is 0.323 e. The zero-order valence-corrected chi connectivity index (χ0v) is 19.6. The summed E-state index contributed by atoms with van der Waals surface area (Å²) in [4.78, 5) is 37.1. The van der Waals surface area contributed by atoms with Crippen LogP contribution in [0.3, 0.4) is 0 Å². The fourth-order valence-corrected chi connectivity index (χ4v) is 3.83. The van der Waals surface area contributed by atoms with Gasteiger partial charge in [-0.1, -0.05) is 30.3 Å². The molecule has 0 saturated heterocycles. The molecule has 0 unspecified atom stereocenters. The Kier molecular flexibility index (Phi) is 6.60. The molecule has 188 valence electrons. The van der Waals surface area contributed by atoms with Crippen LogP contribution >= 0.6 is 0 Å². The maximum absolute atomic E-state index is 13.9. The largest absolute Gasteiger partial charge is 0.506 e. The molecule has 10 heteroatoms. The molecule has 4 N–H and O–H groups in total. The van der Waals surface area contributed by atoms with Crippen LogP contribution in [0.1, 0.15) is 21.7 Å². The van der Waals surface area contributed by atoms with Gasteiger partial charge < -0.3 is 20.7 Å². The number of benzene rings is 3. The molecule has 3 aromatic carbocycles. The molecule has 0 aliphatic heterocycles. The maximum Gasteiger partial charge on any atom is 0.323 e. The van der Waals surface area contributed by atoms with Crippen LogP contribution < -0.4 is 10.6 Å². The Morgan fingerprint density at radius 2 is 1.55 bits per heavy atom. The zero-order chi connectivity index (χ0) is 26.6. The third kappa shape index (κ3) is 5.24. The second-order valence-corrected chi connectivity index (χ2v) is 8.22. The van der Waals surface area contributed by atoms with Crippen LogP contribution in [0.4, 0.5) is 25.0 Å². The number of amides is 2. The van der Waals surface area contributed by atoms with Crippen LogP contribution in [0.5, 0.6) is 0 Å². The number of aromatic nitrogens is 3. The minimum Gasteiger partial charge on any atom is -0.506 e. The number of hydrogen-bond donors (Lipinski definition) is 4. The summed E-state index contributed by atoms with van der Waals surface area (Å²) < 4.78 is 27.8.